The number of anilines is 6. The average Bonchev–Trinajstić information content (AvgIpc) is 3.12. The zero-order valence-electron chi connectivity index (χ0n) is 27.6. The van der Waals surface area contributed by atoms with Gasteiger partial charge in [0.25, 0.3) is 17.1 Å². The second kappa shape index (κ2) is 16.5. The number of nitro groups is 3. The fourth-order valence-corrected chi connectivity index (χ4v) is 5.59. The minimum Gasteiger partial charge on any atom is -0.379 e. The molecule has 22 heteroatoms. The molecule has 0 saturated heterocycles. The van der Waals surface area contributed by atoms with Gasteiger partial charge in [0.2, 0.25) is 0 Å². The zero-order valence-corrected chi connectivity index (χ0v) is 28.4. The fourth-order valence-electron chi connectivity index (χ4n) is 4.68. The SMILES string of the molecule is O=C(Nc1ccc([N+](=O)[O-])cc1)Nc1ccc(S(=O)(=O)Oc2cc(NC(=O)Nc3ccccc3[N+](=O)[O-])cc(NC(=O)Nc3ccccc3[N+](=O)[O-])c2)cc1. The number of non-ortho nitro benzene ring substituents is 1. The number of nitrogens with one attached hydrogen (secondary N) is 6. The number of benzene rings is 5. The molecule has 5 aromatic rings. The number of carbonyl (C=O) groups is 3. The van der Waals surface area contributed by atoms with E-state index in [-0.39, 0.29) is 44.7 Å². The van der Waals surface area contributed by atoms with Crippen LogP contribution in [0.2, 0.25) is 0 Å². The van der Waals surface area contributed by atoms with Crippen molar-refractivity contribution in [2.75, 3.05) is 31.9 Å². The van der Waals surface area contributed by atoms with Crippen LogP contribution in [0, 0.1) is 30.3 Å². The molecule has 6 N–H and O–H groups in total. The highest BCUT2D eigenvalue weighted by Gasteiger charge is 2.21. The van der Waals surface area contributed by atoms with Gasteiger partial charge in [0.15, 0.2) is 0 Å². The molecule has 21 nitrogen and oxygen atoms in total. The molecular weight excluding hydrogens is 746 g/mol. The minimum atomic E-state index is -4.63. The lowest BCUT2D eigenvalue weighted by atomic mass is 10.2. The van der Waals surface area contributed by atoms with E-state index in [0.717, 1.165) is 36.4 Å². The number of hydrogen-bond donors (Lipinski definition) is 6. The second-order valence-electron chi connectivity index (χ2n) is 10.9. The van der Waals surface area contributed by atoms with Crippen LogP contribution in [0.5, 0.6) is 5.75 Å². The van der Waals surface area contributed by atoms with E-state index in [0.29, 0.717) is 0 Å². The van der Waals surface area contributed by atoms with E-state index in [4.69, 9.17) is 4.18 Å². The highest BCUT2D eigenvalue weighted by atomic mass is 32.2. The first-order valence-electron chi connectivity index (χ1n) is 15.3. The number of nitrogens with zero attached hydrogens (tertiary/aromatic N) is 3. The van der Waals surface area contributed by atoms with Crippen molar-refractivity contribution in [3.8, 4) is 5.75 Å². The Hall–Kier alpha value is -8.14. The summed E-state index contributed by atoms with van der Waals surface area (Å²) in [6.45, 7) is 0. The van der Waals surface area contributed by atoms with Crippen molar-refractivity contribution < 1.29 is 41.8 Å². The van der Waals surface area contributed by atoms with Crippen LogP contribution in [0.4, 0.5) is 65.6 Å². The van der Waals surface area contributed by atoms with Gasteiger partial charge in [-0.25, -0.2) is 14.4 Å². The Morgan fingerprint density at radius 3 is 1.33 bits per heavy atom. The summed E-state index contributed by atoms with van der Waals surface area (Å²) in [7, 11) is -4.63. The number of para-hydroxylation sites is 4. The van der Waals surface area contributed by atoms with Crippen LogP contribution in [0.25, 0.3) is 0 Å². The first-order valence-corrected chi connectivity index (χ1v) is 16.7. The summed E-state index contributed by atoms with van der Waals surface area (Å²) in [5, 5.41) is 47.9. The monoisotopic (exact) mass is 771 g/mol. The molecule has 280 valence electrons. The van der Waals surface area contributed by atoms with Gasteiger partial charge in [-0.05, 0) is 54.6 Å². The van der Waals surface area contributed by atoms with Gasteiger partial charge in [-0.15, -0.1) is 0 Å². The normalized spacial score (nSPS) is 10.6. The molecule has 5 rings (SSSR count). The van der Waals surface area contributed by atoms with E-state index >= 15 is 0 Å². The summed E-state index contributed by atoms with van der Waals surface area (Å²) in [4.78, 5) is 69.4. The van der Waals surface area contributed by atoms with E-state index in [1.807, 2.05) is 0 Å². The topological polar surface area (TPSA) is 296 Å². The van der Waals surface area contributed by atoms with E-state index in [9.17, 15) is 53.1 Å². The Labute approximate surface area is 308 Å². The summed E-state index contributed by atoms with van der Waals surface area (Å²) in [6.07, 6.45) is 0. The van der Waals surface area contributed by atoms with Crippen LogP contribution >= 0.6 is 0 Å². The number of carbonyl (C=O) groups excluding carboxylic acids is 3. The lowest BCUT2D eigenvalue weighted by Gasteiger charge is -2.14. The molecule has 6 amide bonds. The molecule has 0 aliphatic rings. The van der Waals surface area contributed by atoms with Crippen LogP contribution < -0.4 is 36.1 Å². The van der Waals surface area contributed by atoms with Crippen molar-refractivity contribution in [3.05, 3.63) is 146 Å². The summed E-state index contributed by atoms with van der Waals surface area (Å²) in [5.41, 5.74) is -1.25. The first kappa shape index (κ1) is 38.1. The molecule has 0 spiro atoms. The Kier molecular flexibility index (Phi) is 11.4. The maximum Gasteiger partial charge on any atom is 0.339 e. The van der Waals surface area contributed by atoms with Crippen molar-refractivity contribution in [1.29, 1.82) is 0 Å². The van der Waals surface area contributed by atoms with Crippen LogP contribution in [0.3, 0.4) is 0 Å². The molecule has 0 saturated carbocycles. The molecule has 55 heavy (non-hydrogen) atoms. The van der Waals surface area contributed by atoms with Gasteiger partial charge in [0.1, 0.15) is 22.0 Å². The van der Waals surface area contributed by atoms with E-state index < -0.39 is 60.1 Å². The molecule has 0 aromatic heterocycles. The van der Waals surface area contributed by atoms with Crippen molar-refractivity contribution >= 4 is 79.4 Å². The Balaban J connectivity index is 1.34. The summed E-state index contributed by atoms with van der Waals surface area (Å²) in [6, 6.07) is 20.9. The van der Waals surface area contributed by atoms with Gasteiger partial charge in [-0.2, -0.15) is 8.42 Å². The number of nitro benzene ring substituents is 3. The number of amides is 6. The van der Waals surface area contributed by atoms with Crippen LogP contribution in [-0.2, 0) is 10.1 Å². The van der Waals surface area contributed by atoms with Crippen molar-refractivity contribution in [2.24, 2.45) is 0 Å². The summed E-state index contributed by atoms with van der Waals surface area (Å²) < 4.78 is 31.9. The molecule has 0 radical (unpaired) electrons. The molecule has 0 heterocycles. The minimum absolute atomic E-state index is 0.158. The van der Waals surface area contributed by atoms with Crippen molar-refractivity contribution in [2.45, 2.75) is 4.90 Å². The van der Waals surface area contributed by atoms with E-state index in [2.05, 4.69) is 31.9 Å². The maximum atomic E-state index is 13.3. The molecule has 0 bridgehead atoms. The lowest BCUT2D eigenvalue weighted by molar-refractivity contribution is -0.384. The largest absolute Gasteiger partial charge is 0.379 e. The van der Waals surface area contributed by atoms with Gasteiger partial charge < -0.3 is 36.1 Å². The van der Waals surface area contributed by atoms with E-state index in [1.54, 1.807) is 0 Å². The Morgan fingerprint density at radius 2 is 0.891 bits per heavy atom. The standard InChI is InChI=1S/C33H25N9O12S/c43-31(34-20-9-13-24(14-10-20)40(46)47)35-21-11-15-26(16-12-21)55(52,53)54-25-18-22(36-32(44)38-27-5-1-3-7-29(27)41(48)49)17-23(19-25)37-33(45)39-28-6-2-4-8-30(28)42(50)51/h1-19H,(H2,34,35,43)(H2,36,38,44)(H2,37,39,45). The first-order chi connectivity index (χ1) is 26.2. The highest BCUT2D eigenvalue weighted by molar-refractivity contribution is 7.87. The number of hydrogen-bond acceptors (Lipinski definition) is 12. The molecule has 5 aromatic carbocycles. The van der Waals surface area contributed by atoms with Crippen LogP contribution in [0.15, 0.2) is 120 Å². The zero-order chi connectivity index (χ0) is 39.7. The second-order valence-corrected chi connectivity index (χ2v) is 12.4. The lowest BCUT2D eigenvalue weighted by Crippen LogP contribution is -2.22. The van der Waals surface area contributed by atoms with E-state index in [1.165, 1.54) is 78.9 Å². The Morgan fingerprint density at radius 1 is 0.491 bits per heavy atom. The van der Waals surface area contributed by atoms with Gasteiger partial charge in [-0.1, -0.05) is 24.3 Å². The predicted octanol–water partition coefficient (Wildman–Crippen LogP) is 7.11. The Bertz CT molecular complexity index is 2340. The van der Waals surface area contributed by atoms with Gasteiger partial charge in [-0.3, -0.25) is 30.3 Å². The number of rotatable bonds is 12. The summed E-state index contributed by atoms with van der Waals surface area (Å²) in [5.74, 6) is -0.436. The smallest absolute Gasteiger partial charge is 0.339 e. The number of urea groups is 3. The molecule has 0 aliphatic heterocycles. The van der Waals surface area contributed by atoms with Crippen molar-refractivity contribution in [1.82, 2.24) is 0 Å². The quantitative estimate of drug-likeness (QED) is 0.0420. The maximum absolute atomic E-state index is 13.3. The molecule has 0 aliphatic carbocycles. The third-order valence-corrected chi connectivity index (χ3v) is 8.32. The van der Waals surface area contributed by atoms with Gasteiger partial charge in [0, 0.05) is 59.1 Å². The third kappa shape index (κ3) is 10.2. The van der Waals surface area contributed by atoms with Crippen LogP contribution in [-0.4, -0.2) is 41.3 Å². The third-order valence-electron chi connectivity index (χ3n) is 7.06. The fraction of sp³-hybridized carbons (Fsp3) is 0. The predicted molar refractivity (Wildman–Crippen MR) is 198 cm³/mol. The summed E-state index contributed by atoms with van der Waals surface area (Å²) >= 11 is 0. The molecule has 0 unspecified atom stereocenters. The molecular formula is C33H25N9O12S. The average molecular weight is 772 g/mol. The van der Waals surface area contributed by atoms with Gasteiger partial charge in [0.05, 0.1) is 14.8 Å². The molecule has 0 fully saturated rings. The van der Waals surface area contributed by atoms with Gasteiger partial charge >= 0.3 is 28.2 Å². The highest BCUT2D eigenvalue weighted by Crippen LogP contribution is 2.30. The van der Waals surface area contributed by atoms with Crippen molar-refractivity contribution in [3.63, 3.8) is 0 Å². The van der Waals surface area contributed by atoms with Crippen LogP contribution in [0.1, 0.15) is 0 Å². The molecule has 0 atom stereocenters.